The first-order valence-electron chi connectivity index (χ1n) is 10.3. The van der Waals surface area contributed by atoms with Crippen molar-refractivity contribution >= 4 is 23.4 Å². The second-order valence-corrected chi connectivity index (χ2v) is 7.23. The summed E-state index contributed by atoms with van der Waals surface area (Å²) in [5.41, 5.74) is 1.35. The topological polar surface area (TPSA) is 103 Å². The van der Waals surface area contributed by atoms with E-state index in [-0.39, 0.29) is 25.9 Å². The molecule has 0 unspecified atom stereocenters. The minimum atomic E-state index is -0.660. The van der Waals surface area contributed by atoms with Crippen molar-refractivity contribution in [2.24, 2.45) is 5.16 Å². The van der Waals surface area contributed by atoms with E-state index in [0.717, 1.165) is 11.4 Å². The highest BCUT2D eigenvalue weighted by Gasteiger charge is 2.22. The van der Waals surface area contributed by atoms with Crippen LogP contribution in [0, 0.1) is 0 Å². The fourth-order valence-corrected chi connectivity index (χ4v) is 3.36. The second-order valence-electron chi connectivity index (χ2n) is 7.23. The van der Waals surface area contributed by atoms with Crippen molar-refractivity contribution < 1.29 is 28.6 Å². The first-order valence-corrected chi connectivity index (χ1v) is 10.3. The van der Waals surface area contributed by atoms with Crippen LogP contribution in [0.3, 0.4) is 0 Å². The Balaban J connectivity index is 1.16. The summed E-state index contributed by atoms with van der Waals surface area (Å²) in [6.45, 7) is 3.67. The zero-order chi connectivity index (χ0) is 22.3. The van der Waals surface area contributed by atoms with E-state index in [1.54, 1.807) is 30.2 Å². The molecule has 2 aliphatic rings. The standard InChI is InChI=1S/C22H24N4O6/c1-16(17-5-6-18-19(12-17)31-15-30-18)24-32-14-22(28)29-13-21(27)26-10-8-25(9-11-26)20-4-2-3-7-23-20/h2-7,12H,8-11,13-15H2,1H3/b24-16+. The molecule has 0 bridgehead atoms. The maximum absolute atomic E-state index is 12.3. The molecule has 0 saturated carbocycles. The highest BCUT2D eigenvalue weighted by atomic mass is 16.7. The Kier molecular flexibility index (Phi) is 6.69. The number of oxime groups is 1. The first-order chi connectivity index (χ1) is 15.6. The Hall–Kier alpha value is -3.82. The van der Waals surface area contributed by atoms with E-state index >= 15 is 0 Å². The van der Waals surface area contributed by atoms with E-state index in [4.69, 9.17) is 19.0 Å². The monoisotopic (exact) mass is 440 g/mol. The number of anilines is 1. The van der Waals surface area contributed by atoms with Gasteiger partial charge in [0.05, 0.1) is 5.71 Å². The number of piperazine rings is 1. The number of fused-ring (bicyclic) bond motifs is 1. The molecule has 1 aromatic carbocycles. The number of nitrogens with zero attached hydrogens (tertiary/aromatic N) is 4. The van der Waals surface area contributed by atoms with Crippen LogP contribution in [0.2, 0.25) is 0 Å². The minimum Gasteiger partial charge on any atom is -0.454 e. The SMILES string of the molecule is C/C(=N\OCC(=O)OCC(=O)N1CCN(c2ccccn2)CC1)c1ccc2c(c1)OCO2. The lowest BCUT2D eigenvalue weighted by molar-refractivity contribution is -0.155. The van der Waals surface area contributed by atoms with Crippen LogP contribution in [0.4, 0.5) is 5.82 Å². The number of rotatable bonds is 7. The zero-order valence-electron chi connectivity index (χ0n) is 17.7. The van der Waals surface area contributed by atoms with Gasteiger partial charge in [0.1, 0.15) is 5.82 Å². The molecule has 0 radical (unpaired) electrons. The summed E-state index contributed by atoms with van der Waals surface area (Å²) in [6.07, 6.45) is 1.75. The van der Waals surface area contributed by atoms with Crippen LogP contribution in [0.1, 0.15) is 12.5 Å². The smallest absolute Gasteiger partial charge is 0.347 e. The van der Waals surface area contributed by atoms with Gasteiger partial charge in [-0.25, -0.2) is 9.78 Å². The predicted molar refractivity (Wildman–Crippen MR) is 115 cm³/mol. The van der Waals surface area contributed by atoms with Crippen LogP contribution in [-0.2, 0) is 19.2 Å². The van der Waals surface area contributed by atoms with Crippen LogP contribution in [0.5, 0.6) is 11.5 Å². The molecule has 1 amide bonds. The predicted octanol–water partition coefficient (Wildman–Crippen LogP) is 1.44. The summed E-state index contributed by atoms with van der Waals surface area (Å²) in [7, 11) is 0. The van der Waals surface area contributed by atoms with Gasteiger partial charge in [-0.1, -0.05) is 11.2 Å². The highest BCUT2D eigenvalue weighted by molar-refractivity contribution is 5.99. The van der Waals surface area contributed by atoms with Gasteiger partial charge in [-0.2, -0.15) is 0 Å². The molecular formula is C22H24N4O6. The van der Waals surface area contributed by atoms with Gasteiger partial charge in [0.15, 0.2) is 18.1 Å². The van der Waals surface area contributed by atoms with Gasteiger partial charge < -0.3 is 28.8 Å². The van der Waals surface area contributed by atoms with Crippen molar-refractivity contribution in [2.45, 2.75) is 6.92 Å². The summed E-state index contributed by atoms with van der Waals surface area (Å²) in [4.78, 5) is 37.4. The van der Waals surface area contributed by atoms with E-state index in [9.17, 15) is 9.59 Å². The van der Waals surface area contributed by atoms with Crippen molar-refractivity contribution in [1.29, 1.82) is 0 Å². The Morgan fingerprint density at radius 3 is 2.66 bits per heavy atom. The number of pyridine rings is 1. The molecule has 1 fully saturated rings. The van der Waals surface area contributed by atoms with Crippen LogP contribution in [0.25, 0.3) is 0 Å². The summed E-state index contributed by atoms with van der Waals surface area (Å²) >= 11 is 0. The molecule has 1 aromatic heterocycles. The fraction of sp³-hybridized carbons (Fsp3) is 0.364. The van der Waals surface area contributed by atoms with E-state index in [0.29, 0.717) is 43.4 Å². The quantitative estimate of drug-likeness (QED) is 0.362. The lowest BCUT2D eigenvalue weighted by Crippen LogP contribution is -2.50. The van der Waals surface area contributed by atoms with Crippen molar-refractivity contribution in [3.05, 3.63) is 48.2 Å². The number of amides is 1. The third-order valence-corrected chi connectivity index (χ3v) is 5.14. The summed E-state index contributed by atoms with van der Waals surface area (Å²) < 4.78 is 15.6. The average molecular weight is 440 g/mol. The third kappa shape index (κ3) is 5.26. The zero-order valence-corrected chi connectivity index (χ0v) is 17.7. The molecule has 168 valence electrons. The molecule has 0 atom stereocenters. The molecule has 3 heterocycles. The molecule has 0 N–H and O–H groups in total. The molecule has 0 aliphatic carbocycles. The Bertz CT molecular complexity index is 989. The molecule has 4 rings (SSSR count). The van der Waals surface area contributed by atoms with E-state index in [2.05, 4.69) is 15.0 Å². The molecular weight excluding hydrogens is 416 g/mol. The second kappa shape index (κ2) is 9.99. The minimum absolute atomic E-state index is 0.190. The number of hydrogen-bond acceptors (Lipinski definition) is 9. The molecule has 0 spiro atoms. The van der Waals surface area contributed by atoms with Gasteiger partial charge in [0.2, 0.25) is 13.4 Å². The summed E-state index contributed by atoms with van der Waals surface area (Å²) in [5, 5.41) is 3.93. The van der Waals surface area contributed by atoms with E-state index in [1.807, 2.05) is 24.3 Å². The van der Waals surface area contributed by atoms with Gasteiger partial charge in [-0.15, -0.1) is 0 Å². The third-order valence-electron chi connectivity index (χ3n) is 5.14. The molecule has 1 saturated heterocycles. The van der Waals surface area contributed by atoms with Crippen LogP contribution >= 0.6 is 0 Å². The van der Waals surface area contributed by atoms with E-state index < -0.39 is 5.97 Å². The normalized spacial score (nSPS) is 15.5. The van der Waals surface area contributed by atoms with Gasteiger partial charge in [0.25, 0.3) is 5.91 Å². The largest absolute Gasteiger partial charge is 0.454 e. The van der Waals surface area contributed by atoms with Crippen molar-refractivity contribution in [3.8, 4) is 11.5 Å². The Morgan fingerprint density at radius 2 is 1.88 bits per heavy atom. The average Bonchev–Trinajstić information content (AvgIpc) is 3.31. The number of benzene rings is 1. The van der Waals surface area contributed by atoms with Gasteiger partial charge >= 0.3 is 5.97 Å². The summed E-state index contributed by atoms with van der Waals surface area (Å²) in [6, 6.07) is 11.1. The molecule has 32 heavy (non-hydrogen) atoms. The number of ether oxygens (including phenoxy) is 3. The van der Waals surface area contributed by atoms with Crippen molar-refractivity contribution in [3.63, 3.8) is 0 Å². The number of carbonyl (C=O) groups is 2. The fourth-order valence-electron chi connectivity index (χ4n) is 3.36. The van der Waals surface area contributed by atoms with Crippen LogP contribution in [-0.4, -0.2) is 73.7 Å². The maximum Gasteiger partial charge on any atom is 0.347 e. The molecule has 2 aromatic rings. The maximum atomic E-state index is 12.3. The number of hydrogen-bond donors (Lipinski definition) is 0. The Labute approximate surface area is 185 Å². The van der Waals surface area contributed by atoms with Crippen LogP contribution in [0.15, 0.2) is 47.8 Å². The number of carbonyl (C=O) groups excluding carboxylic acids is 2. The molecule has 10 nitrogen and oxygen atoms in total. The van der Waals surface area contributed by atoms with Crippen molar-refractivity contribution in [2.75, 3.05) is 51.1 Å². The molecule has 2 aliphatic heterocycles. The lowest BCUT2D eigenvalue weighted by atomic mass is 10.1. The number of aromatic nitrogens is 1. The van der Waals surface area contributed by atoms with Gasteiger partial charge in [-0.3, -0.25) is 4.79 Å². The van der Waals surface area contributed by atoms with Gasteiger partial charge in [0, 0.05) is 37.9 Å². The van der Waals surface area contributed by atoms with E-state index in [1.165, 1.54) is 0 Å². The summed E-state index contributed by atoms with van der Waals surface area (Å²) in [5.74, 6) is 1.30. The van der Waals surface area contributed by atoms with Gasteiger partial charge in [-0.05, 0) is 37.3 Å². The Morgan fingerprint density at radius 1 is 1.06 bits per heavy atom. The van der Waals surface area contributed by atoms with Crippen LogP contribution < -0.4 is 14.4 Å². The number of esters is 1. The first kappa shape index (κ1) is 21.4. The van der Waals surface area contributed by atoms with Crippen molar-refractivity contribution in [1.82, 2.24) is 9.88 Å². The molecule has 10 heteroatoms. The lowest BCUT2D eigenvalue weighted by Gasteiger charge is -2.35. The highest BCUT2D eigenvalue weighted by Crippen LogP contribution is 2.32.